The van der Waals surface area contributed by atoms with Gasteiger partial charge in [-0.3, -0.25) is 9.69 Å². The Morgan fingerprint density at radius 3 is 2.48 bits per heavy atom. The Morgan fingerprint density at radius 1 is 1.04 bits per heavy atom. The molecule has 6 nitrogen and oxygen atoms in total. The van der Waals surface area contributed by atoms with E-state index in [4.69, 9.17) is 4.74 Å². The van der Waals surface area contributed by atoms with E-state index in [0.717, 1.165) is 0 Å². The molecule has 27 heavy (non-hydrogen) atoms. The van der Waals surface area contributed by atoms with Crippen molar-refractivity contribution in [2.75, 3.05) is 32.8 Å². The number of halogens is 1. The van der Waals surface area contributed by atoms with Gasteiger partial charge in [0.25, 0.3) is 5.91 Å². The van der Waals surface area contributed by atoms with Crippen molar-refractivity contribution >= 4 is 11.9 Å². The highest BCUT2D eigenvalue weighted by Gasteiger charge is 2.22. The summed E-state index contributed by atoms with van der Waals surface area (Å²) in [6.07, 6.45) is 0. The van der Waals surface area contributed by atoms with Gasteiger partial charge in [-0.1, -0.05) is 24.3 Å². The Morgan fingerprint density at radius 2 is 1.78 bits per heavy atom. The summed E-state index contributed by atoms with van der Waals surface area (Å²) in [5, 5.41) is 9.38. The molecule has 0 radical (unpaired) electrons. The average Bonchev–Trinajstić information content (AvgIpc) is 2.68. The molecule has 0 aromatic heterocycles. The first kappa shape index (κ1) is 18.8. The average molecular weight is 372 g/mol. The highest BCUT2D eigenvalue weighted by molar-refractivity contribution is 5.91. The molecule has 1 N–H and O–H groups in total. The van der Waals surface area contributed by atoms with Crippen LogP contribution in [-0.4, -0.2) is 59.6 Å². The van der Waals surface area contributed by atoms with Gasteiger partial charge >= 0.3 is 5.97 Å². The van der Waals surface area contributed by atoms with Gasteiger partial charge in [0.2, 0.25) is 0 Å². The highest BCUT2D eigenvalue weighted by atomic mass is 19.1. The van der Waals surface area contributed by atoms with Crippen molar-refractivity contribution in [3.8, 4) is 5.75 Å². The zero-order valence-corrected chi connectivity index (χ0v) is 14.8. The first-order valence-electron chi connectivity index (χ1n) is 8.72. The molecule has 2 aromatic carbocycles. The van der Waals surface area contributed by atoms with Gasteiger partial charge in [0.1, 0.15) is 11.6 Å². The quantitative estimate of drug-likeness (QED) is 0.814. The second-order valence-electron chi connectivity index (χ2n) is 6.37. The number of nitrogens with zero attached hydrogens (tertiary/aromatic N) is 2. The van der Waals surface area contributed by atoms with Crippen LogP contribution in [0.4, 0.5) is 4.39 Å². The number of amides is 1. The van der Waals surface area contributed by atoms with Gasteiger partial charge in [0, 0.05) is 38.3 Å². The Labute approximate surface area is 156 Å². The van der Waals surface area contributed by atoms with Crippen LogP contribution in [0.2, 0.25) is 0 Å². The predicted octanol–water partition coefficient (Wildman–Crippen LogP) is 2.03. The summed E-state index contributed by atoms with van der Waals surface area (Å²) in [6.45, 7) is 2.40. The number of hydrogen-bond acceptors (Lipinski definition) is 5. The molecule has 0 atom stereocenters. The van der Waals surface area contributed by atoms with Crippen LogP contribution in [-0.2, 0) is 16.1 Å². The third kappa shape index (κ3) is 5.04. The molecule has 1 fully saturated rings. The van der Waals surface area contributed by atoms with E-state index in [2.05, 4.69) is 4.90 Å². The Kier molecular flexibility index (Phi) is 6.03. The fraction of sp³-hybridized carbons (Fsp3) is 0.300. The second-order valence-corrected chi connectivity index (χ2v) is 6.37. The number of aromatic hydroxyl groups is 1. The maximum Gasteiger partial charge on any atom is 0.338 e. The molecule has 1 aliphatic heterocycles. The third-order valence-corrected chi connectivity index (χ3v) is 4.49. The summed E-state index contributed by atoms with van der Waals surface area (Å²) in [7, 11) is 0. The van der Waals surface area contributed by atoms with E-state index in [1.165, 1.54) is 30.3 Å². The first-order chi connectivity index (χ1) is 13.0. The lowest BCUT2D eigenvalue weighted by atomic mass is 10.2. The Bertz CT molecular complexity index is 819. The largest absolute Gasteiger partial charge is 0.508 e. The molecule has 0 saturated carbocycles. The summed E-state index contributed by atoms with van der Waals surface area (Å²) >= 11 is 0. The van der Waals surface area contributed by atoms with E-state index in [1.54, 1.807) is 23.1 Å². The number of benzene rings is 2. The molecule has 1 aliphatic rings. The Balaban J connectivity index is 1.44. The van der Waals surface area contributed by atoms with Crippen molar-refractivity contribution in [3.63, 3.8) is 0 Å². The van der Waals surface area contributed by atoms with Gasteiger partial charge in [-0.2, -0.15) is 0 Å². The number of ether oxygens (including phenoxy) is 1. The second kappa shape index (κ2) is 8.64. The summed E-state index contributed by atoms with van der Waals surface area (Å²) in [5.74, 6) is -1.19. The molecular weight excluding hydrogens is 351 g/mol. The minimum Gasteiger partial charge on any atom is -0.508 e. The van der Waals surface area contributed by atoms with Crippen LogP contribution in [0.25, 0.3) is 0 Å². The molecular formula is C20H21FN2O4. The molecule has 1 heterocycles. The summed E-state index contributed by atoms with van der Waals surface area (Å²) in [6, 6.07) is 12.4. The summed E-state index contributed by atoms with van der Waals surface area (Å²) in [4.78, 5) is 27.9. The Hall–Kier alpha value is -2.93. The van der Waals surface area contributed by atoms with Crippen LogP contribution in [0.1, 0.15) is 15.9 Å². The molecule has 1 saturated heterocycles. The number of carbonyl (C=O) groups is 2. The zero-order chi connectivity index (χ0) is 19.2. The van der Waals surface area contributed by atoms with Crippen molar-refractivity contribution < 1.29 is 23.8 Å². The van der Waals surface area contributed by atoms with Crippen molar-refractivity contribution in [2.45, 2.75) is 6.54 Å². The number of rotatable bonds is 5. The van der Waals surface area contributed by atoms with Crippen LogP contribution in [0, 0.1) is 5.82 Å². The number of carbonyl (C=O) groups excluding carboxylic acids is 2. The molecule has 0 spiro atoms. The number of phenolic OH excluding ortho intramolecular Hbond substituents is 1. The zero-order valence-electron chi connectivity index (χ0n) is 14.8. The number of piperazine rings is 1. The highest BCUT2D eigenvalue weighted by Crippen LogP contribution is 2.13. The maximum absolute atomic E-state index is 13.7. The normalized spacial score (nSPS) is 14.8. The van der Waals surface area contributed by atoms with Crippen molar-refractivity contribution in [1.29, 1.82) is 0 Å². The molecule has 1 amide bonds. The number of esters is 1. The van der Waals surface area contributed by atoms with Crippen LogP contribution < -0.4 is 0 Å². The van der Waals surface area contributed by atoms with Gasteiger partial charge in [-0.05, 0) is 24.3 Å². The molecule has 0 aliphatic carbocycles. The lowest BCUT2D eigenvalue weighted by Gasteiger charge is -2.34. The third-order valence-electron chi connectivity index (χ3n) is 4.49. The lowest BCUT2D eigenvalue weighted by Crippen LogP contribution is -2.49. The smallest absolute Gasteiger partial charge is 0.338 e. The van der Waals surface area contributed by atoms with Crippen molar-refractivity contribution in [3.05, 3.63) is 65.5 Å². The van der Waals surface area contributed by atoms with Gasteiger partial charge in [0.15, 0.2) is 6.61 Å². The van der Waals surface area contributed by atoms with E-state index >= 15 is 0 Å². The maximum atomic E-state index is 13.7. The first-order valence-corrected chi connectivity index (χ1v) is 8.72. The van der Waals surface area contributed by atoms with Gasteiger partial charge in [0.05, 0.1) is 5.56 Å². The fourth-order valence-electron chi connectivity index (χ4n) is 2.96. The summed E-state index contributed by atoms with van der Waals surface area (Å²) < 4.78 is 18.8. The van der Waals surface area contributed by atoms with Gasteiger partial charge in [-0.25, -0.2) is 9.18 Å². The SMILES string of the molecule is O=C(OCC(=O)N1CCN(Cc2ccccc2F)CC1)c1cccc(O)c1. The van der Waals surface area contributed by atoms with Crippen molar-refractivity contribution in [1.82, 2.24) is 9.80 Å². The van der Waals surface area contributed by atoms with Gasteiger partial charge < -0.3 is 14.7 Å². The monoisotopic (exact) mass is 372 g/mol. The fourth-order valence-corrected chi connectivity index (χ4v) is 2.96. The standard InChI is InChI=1S/C20H21FN2O4/c21-18-7-2-1-4-16(18)13-22-8-10-23(11-9-22)19(25)14-27-20(26)15-5-3-6-17(24)12-15/h1-7,12,24H,8-11,13-14H2. The predicted molar refractivity (Wildman–Crippen MR) is 96.6 cm³/mol. The van der Waals surface area contributed by atoms with E-state index in [-0.39, 0.29) is 29.6 Å². The topological polar surface area (TPSA) is 70.1 Å². The van der Waals surface area contributed by atoms with Crippen molar-refractivity contribution in [2.24, 2.45) is 0 Å². The van der Waals surface area contributed by atoms with Crippen LogP contribution in [0.5, 0.6) is 5.75 Å². The van der Waals surface area contributed by atoms with E-state index in [9.17, 15) is 19.1 Å². The minimum absolute atomic E-state index is 0.0400. The molecule has 3 rings (SSSR count). The van der Waals surface area contributed by atoms with Crippen LogP contribution in [0.15, 0.2) is 48.5 Å². The summed E-state index contributed by atoms with van der Waals surface area (Å²) in [5.41, 5.74) is 0.829. The van der Waals surface area contributed by atoms with E-state index < -0.39 is 5.97 Å². The molecule has 2 aromatic rings. The number of hydrogen-bond donors (Lipinski definition) is 1. The lowest BCUT2D eigenvalue weighted by molar-refractivity contribution is -0.136. The molecule has 7 heteroatoms. The van der Waals surface area contributed by atoms with Gasteiger partial charge in [-0.15, -0.1) is 0 Å². The number of phenols is 1. The minimum atomic E-state index is -0.655. The molecule has 0 unspecified atom stereocenters. The molecule has 142 valence electrons. The van der Waals surface area contributed by atoms with E-state index in [1.807, 2.05) is 0 Å². The van der Waals surface area contributed by atoms with Crippen LogP contribution >= 0.6 is 0 Å². The molecule has 0 bridgehead atoms. The van der Waals surface area contributed by atoms with Crippen LogP contribution in [0.3, 0.4) is 0 Å². The van der Waals surface area contributed by atoms with E-state index in [0.29, 0.717) is 38.3 Å².